The van der Waals surface area contributed by atoms with Gasteiger partial charge in [-0.3, -0.25) is 4.79 Å². The lowest BCUT2D eigenvalue weighted by Crippen LogP contribution is -2.34. The van der Waals surface area contributed by atoms with Crippen molar-refractivity contribution in [3.05, 3.63) is 63.6 Å². The van der Waals surface area contributed by atoms with Gasteiger partial charge in [0.15, 0.2) is 0 Å². The van der Waals surface area contributed by atoms with Crippen molar-refractivity contribution in [2.24, 2.45) is 5.92 Å². The molecule has 0 bridgehead atoms. The van der Waals surface area contributed by atoms with E-state index < -0.39 is 0 Å². The lowest BCUT2D eigenvalue weighted by Gasteiger charge is -2.25. The number of para-hydroxylation sites is 1. The van der Waals surface area contributed by atoms with Crippen LogP contribution in [0.1, 0.15) is 15.9 Å². The van der Waals surface area contributed by atoms with Gasteiger partial charge >= 0.3 is 0 Å². The Kier molecular flexibility index (Phi) is 4.55. The molecule has 0 fully saturated rings. The topological polar surface area (TPSA) is 38.3 Å². The highest BCUT2D eigenvalue weighted by Crippen LogP contribution is 2.26. The average molecular weight is 336 g/mol. The Labute approximate surface area is 139 Å². The van der Waals surface area contributed by atoms with Crippen LogP contribution in [0.2, 0.25) is 10.0 Å². The Morgan fingerprint density at radius 2 is 2.00 bits per heavy atom. The zero-order chi connectivity index (χ0) is 15.5. The summed E-state index contributed by atoms with van der Waals surface area (Å²) in [5.74, 6) is 1.05. The Bertz CT molecular complexity index is 703. The van der Waals surface area contributed by atoms with Gasteiger partial charge < -0.3 is 10.1 Å². The van der Waals surface area contributed by atoms with Gasteiger partial charge in [-0.05, 0) is 36.2 Å². The van der Waals surface area contributed by atoms with E-state index in [1.807, 2.05) is 18.2 Å². The predicted molar refractivity (Wildman–Crippen MR) is 87.9 cm³/mol. The molecule has 1 aliphatic rings. The summed E-state index contributed by atoms with van der Waals surface area (Å²) in [4.78, 5) is 12.1. The number of ether oxygens (including phenoxy) is 1. The average Bonchev–Trinajstić information content (AvgIpc) is 2.55. The third kappa shape index (κ3) is 3.37. The first-order valence-electron chi connectivity index (χ1n) is 7.07. The largest absolute Gasteiger partial charge is 0.493 e. The SMILES string of the molecule is O=C(NCC1COc2ccccc2C1)c1ccc(Cl)c(Cl)c1. The van der Waals surface area contributed by atoms with E-state index in [4.69, 9.17) is 27.9 Å². The first-order chi connectivity index (χ1) is 10.6. The van der Waals surface area contributed by atoms with Crippen molar-refractivity contribution in [1.29, 1.82) is 0 Å². The van der Waals surface area contributed by atoms with Gasteiger partial charge in [-0.15, -0.1) is 0 Å². The van der Waals surface area contributed by atoms with Gasteiger partial charge in [0.05, 0.1) is 16.7 Å². The minimum Gasteiger partial charge on any atom is -0.493 e. The lowest BCUT2D eigenvalue weighted by molar-refractivity contribution is 0.0939. The van der Waals surface area contributed by atoms with Crippen LogP contribution in [0.4, 0.5) is 0 Å². The van der Waals surface area contributed by atoms with Gasteiger partial charge in [-0.2, -0.15) is 0 Å². The summed E-state index contributed by atoms with van der Waals surface area (Å²) in [6, 6.07) is 12.9. The van der Waals surface area contributed by atoms with Crippen LogP contribution >= 0.6 is 23.2 Å². The van der Waals surface area contributed by atoms with Crippen molar-refractivity contribution in [3.63, 3.8) is 0 Å². The second-order valence-electron chi connectivity index (χ2n) is 5.33. The summed E-state index contributed by atoms with van der Waals surface area (Å²) in [5.41, 5.74) is 1.69. The van der Waals surface area contributed by atoms with Crippen LogP contribution in [0, 0.1) is 5.92 Å². The van der Waals surface area contributed by atoms with E-state index in [0.717, 1.165) is 12.2 Å². The monoisotopic (exact) mass is 335 g/mol. The summed E-state index contributed by atoms with van der Waals surface area (Å²) in [7, 11) is 0. The van der Waals surface area contributed by atoms with Crippen LogP contribution in [-0.2, 0) is 6.42 Å². The zero-order valence-corrected chi connectivity index (χ0v) is 13.3. The number of fused-ring (bicyclic) bond motifs is 1. The van der Waals surface area contributed by atoms with Crippen molar-refractivity contribution in [1.82, 2.24) is 5.32 Å². The minimum absolute atomic E-state index is 0.155. The zero-order valence-electron chi connectivity index (χ0n) is 11.8. The van der Waals surface area contributed by atoms with Crippen LogP contribution < -0.4 is 10.1 Å². The Morgan fingerprint density at radius 1 is 1.18 bits per heavy atom. The first kappa shape index (κ1) is 15.2. The van der Waals surface area contributed by atoms with Gasteiger partial charge in [0.1, 0.15) is 5.75 Å². The van der Waals surface area contributed by atoms with Crippen molar-refractivity contribution < 1.29 is 9.53 Å². The molecule has 2 aromatic rings. The summed E-state index contributed by atoms with van der Waals surface area (Å²) in [6.45, 7) is 1.17. The van der Waals surface area contributed by atoms with Crippen molar-refractivity contribution in [2.45, 2.75) is 6.42 Å². The second kappa shape index (κ2) is 6.59. The fourth-order valence-corrected chi connectivity index (χ4v) is 2.80. The highest BCUT2D eigenvalue weighted by Gasteiger charge is 2.20. The first-order valence-corrected chi connectivity index (χ1v) is 7.83. The molecular weight excluding hydrogens is 321 g/mol. The van der Waals surface area contributed by atoms with E-state index in [1.54, 1.807) is 18.2 Å². The Balaban J connectivity index is 1.59. The molecule has 0 saturated carbocycles. The number of amides is 1. The van der Waals surface area contributed by atoms with E-state index in [-0.39, 0.29) is 11.8 Å². The van der Waals surface area contributed by atoms with Crippen LogP contribution in [0.25, 0.3) is 0 Å². The van der Waals surface area contributed by atoms with Gasteiger partial charge in [0, 0.05) is 18.0 Å². The van der Waals surface area contributed by atoms with Crippen LogP contribution in [0.3, 0.4) is 0 Å². The Morgan fingerprint density at radius 3 is 2.82 bits per heavy atom. The van der Waals surface area contributed by atoms with E-state index in [0.29, 0.717) is 28.8 Å². The fourth-order valence-electron chi connectivity index (χ4n) is 2.50. The molecule has 1 unspecified atom stereocenters. The normalized spacial score (nSPS) is 16.5. The Hall–Kier alpha value is -1.71. The molecule has 1 aliphatic heterocycles. The van der Waals surface area contributed by atoms with Gasteiger partial charge in [-0.1, -0.05) is 41.4 Å². The lowest BCUT2D eigenvalue weighted by atomic mass is 9.96. The van der Waals surface area contributed by atoms with Crippen LogP contribution in [0.5, 0.6) is 5.75 Å². The molecule has 5 heteroatoms. The number of hydrogen-bond donors (Lipinski definition) is 1. The number of hydrogen-bond acceptors (Lipinski definition) is 2. The van der Waals surface area contributed by atoms with E-state index >= 15 is 0 Å². The molecule has 0 aliphatic carbocycles. The molecule has 0 saturated heterocycles. The van der Waals surface area contributed by atoms with Crippen molar-refractivity contribution in [3.8, 4) is 5.75 Å². The quantitative estimate of drug-likeness (QED) is 0.921. The van der Waals surface area contributed by atoms with Gasteiger partial charge in [0.2, 0.25) is 0 Å². The molecule has 0 aromatic heterocycles. The third-order valence-corrected chi connectivity index (χ3v) is 4.43. The molecule has 114 valence electrons. The number of rotatable bonds is 3. The predicted octanol–water partition coefficient (Wildman–Crippen LogP) is 3.97. The molecule has 1 amide bonds. The van der Waals surface area contributed by atoms with Gasteiger partial charge in [0.25, 0.3) is 5.91 Å². The molecule has 0 spiro atoms. The number of benzene rings is 2. The van der Waals surface area contributed by atoms with E-state index in [9.17, 15) is 4.79 Å². The number of halogens is 2. The van der Waals surface area contributed by atoms with Crippen LogP contribution in [0.15, 0.2) is 42.5 Å². The summed E-state index contributed by atoms with van der Waals surface area (Å²) < 4.78 is 5.72. The molecule has 1 heterocycles. The van der Waals surface area contributed by atoms with E-state index in [1.165, 1.54) is 5.56 Å². The fraction of sp³-hybridized carbons (Fsp3) is 0.235. The summed E-state index contributed by atoms with van der Waals surface area (Å²) in [5, 5.41) is 3.74. The molecule has 22 heavy (non-hydrogen) atoms. The second-order valence-corrected chi connectivity index (χ2v) is 6.14. The molecule has 0 radical (unpaired) electrons. The smallest absolute Gasteiger partial charge is 0.251 e. The van der Waals surface area contributed by atoms with Crippen molar-refractivity contribution in [2.75, 3.05) is 13.2 Å². The highest BCUT2D eigenvalue weighted by atomic mass is 35.5. The number of carbonyl (C=O) groups is 1. The number of nitrogens with one attached hydrogen (secondary N) is 1. The molecule has 1 atom stereocenters. The molecule has 3 rings (SSSR count). The van der Waals surface area contributed by atoms with Crippen molar-refractivity contribution >= 4 is 29.1 Å². The molecular formula is C17H15Cl2NO2. The van der Waals surface area contributed by atoms with E-state index in [2.05, 4.69) is 11.4 Å². The molecule has 2 aromatic carbocycles. The number of carbonyl (C=O) groups excluding carboxylic acids is 1. The minimum atomic E-state index is -0.155. The molecule has 3 nitrogen and oxygen atoms in total. The summed E-state index contributed by atoms with van der Waals surface area (Å²) >= 11 is 11.8. The highest BCUT2D eigenvalue weighted by molar-refractivity contribution is 6.42. The van der Waals surface area contributed by atoms with Gasteiger partial charge in [-0.25, -0.2) is 0 Å². The molecule has 1 N–H and O–H groups in total. The maximum Gasteiger partial charge on any atom is 0.251 e. The van der Waals surface area contributed by atoms with Crippen LogP contribution in [-0.4, -0.2) is 19.1 Å². The summed E-state index contributed by atoms with van der Waals surface area (Å²) in [6.07, 6.45) is 0.901. The maximum atomic E-state index is 12.1. The standard InChI is InChI=1S/C17H15Cl2NO2/c18-14-6-5-13(8-15(14)19)17(21)20-9-11-7-12-3-1-2-4-16(12)22-10-11/h1-6,8,11H,7,9-10H2,(H,20,21). The maximum absolute atomic E-state index is 12.1. The third-order valence-electron chi connectivity index (χ3n) is 3.69.